The van der Waals surface area contributed by atoms with Crippen molar-refractivity contribution in [3.63, 3.8) is 0 Å². The molecule has 0 bridgehead atoms. The summed E-state index contributed by atoms with van der Waals surface area (Å²) < 4.78 is 0. The van der Waals surface area contributed by atoms with Crippen LogP contribution in [0.15, 0.2) is 30.3 Å². The Hall–Kier alpha value is -1.42. The van der Waals surface area contributed by atoms with Crippen molar-refractivity contribution in [3.05, 3.63) is 35.9 Å². The highest BCUT2D eigenvalue weighted by Gasteiger charge is 2.39. The molecule has 1 aromatic rings. The molecule has 0 fully saturated rings. The van der Waals surface area contributed by atoms with Crippen molar-refractivity contribution in [1.29, 1.82) is 0 Å². The van der Waals surface area contributed by atoms with E-state index in [1.807, 2.05) is 39.1 Å². The van der Waals surface area contributed by atoms with Crippen LogP contribution in [-0.4, -0.2) is 29.4 Å². The maximum Gasteiger partial charge on any atom is 0.235 e. The van der Waals surface area contributed by atoms with Crippen LogP contribution in [0, 0.1) is 5.41 Å². The van der Waals surface area contributed by atoms with Gasteiger partial charge in [0, 0.05) is 13.6 Å². The smallest absolute Gasteiger partial charge is 0.235 e. The summed E-state index contributed by atoms with van der Waals surface area (Å²) in [6, 6.07) is 10.1. The quantitative estimate of drug-likeness (QED) is 0.786. The fourth-order valence-corrected chi connectivity index (χ4v) is 2.79. The number of hydrogen-bond donors (Lipinski definition) is 1. The summed E-state index contributed by atoms with van der Waals surface area (Å²) in [5.74, 6) is 0.0333. The highest BCUT2D eigenvalue weighted by Crippen LogP contribution is 2.29. The first-order chi connectivity index (χ1) is 9.47. The van der Waals surface area contributed by atoms with Gasteiger partial charge in [-0.25, -0.2) is 0 Å². The Morgan fingerprint density at radius 3 is 2.25 bits per heavy atom. The highest BCUT2D eigenvalue weighted by atomic mass is 32.1. The molecule has 0 aliphatic carbocycles. The molecule has 1 amide bonds. The van der Waals surface area contributed by atoms with Gasteiger partial charge in [0.15, 0.2) is 0 Å². The lowest BCUT2D eigenvalue weighted by Crippen LogP contribution is -2.49. The molecule has 0 aliphatic heterocycles. The average molecular weight is 292 g/mol. The molecule has 3 nitrogen and oxygen atoms in total. The van der Waals surface area contributed by atoms with E-state index in [-0.39, 0.29) is 5.91 Å². The maximum atomic E-state index is 12.6. The van der Waals surface area contributed by atoms with E-state index in [0.29, 0.717) is 24.4 Å². The normalized spacial score (nSPS) is 11.2. The minimum absolute atomic E-state index is 0.0333. The number of amides is 1. The van der Waals surface area contributed by atoms with Crippen LogP contribution in [0.2, 0.25) is 0 Å². The first-order valence-electron chi connectivity index (χ1n) is 7.07. The zero-order chi connectivity index (χ0) is 15.2. The molecule has 110 valence electrons. The molecule has 1 rings (SSSR count). The predicted molar refractivity (Wildman–Crippen MR) is 87.6 cm³/mol. The monoisotopic (exact) mass is 292 g/mol. The van der Waals surface area contributed by atoms with Gasteiger partial charge in [-0.2, -0.15) is 0 Å². The fraction of sp³-hybridized carbons (Fsp3) is 0.500. The highest BCUT2D eigenvalue weighted by molar-refractivity contribution is 7.80. The number of nitrogens with two attached hydrogens (primary N) is 1. The second-order valence-corrected chi connectivity index (χ2v) is 5.56. The molecular formula is C16H24N2OS. The summed E-state index contributed by atoms with van der Waals surface area (Å²) in [7, 11) is 1.82. The third-order valence-corrected chi connectivity index (χ3v) is 4.40. The van der Waals surface area contributed by atoms with E-state index >= 15 is 0 Å². The number of carbonyl (C=O) groups is 1. The molecule has 0 unspecified atom stereocenters. The van der Waals surface area contributed by atoms with Crippen molar-refractivity contribution < 1.29 is 4.79 Å². The first-order valence-corrected chi connectivity index (χ1v) is 7.48. The van der Waals surface area contributed by atoms with Gasteiger partial charge in [-0.15, -0.1) is 0 Å². The van der Waals surface area contributed by atoms with Crippen molar-refractivity contribution in [2.75, 3.05) is 13.6 Å². The number of hydrogen-bond acceptors (Lipinski definition) is 2. The number of carbonyl (C=O) groups excluding carboxylic acids is 1. The van der Waals surface area contributed by atoms with Gasteiger partial charge in [-0.3, -0.25) is 4.79 Å². The van der Waals surface area contributed by atoms with Gasteiger partial charge < -0.3 is 10.6 Å². The van der Waals surface area contributed by atoms with E-state index in [4.69, 9.17) is 18.0 Å². The van der Waals surface area contributed by atoms with E-state index < -0.39 is 5.41 Å². The van der Waals surface area contributed by atoms with Crippen LogP contribution < -0.4 is 5.73 Å². The van der Waals surface area contributed by atoms with Gasteiger partial charge in [0.05, 0.1) is 10.4 Å². The largest absolute Gasteiger partial charge is 0.392 e. The molecule has 0 radical (unpaired) electrons. The molecule has 0 atom stereocenters. The molecule has 0 saturated carbocycles. The van der Waals surface area contributed by atoms with Crippen molar-refractivity contribution >= 4 is 23.1 Å². The molecule has 1 aromatic carbocycles. The molecule has 2 N–H and O–H groups in total. The molecule has 0 spiro atoms. The predicted octanol–water partition coefficient (Wildman–Crippen LogP) is 2.78. The number of benzene rings is 1. The van der Waals surface area contributed by atoms with Gasteiger partial charge in [0.2, 0.25) is 5.91 Å². The molecule has 0 aromatic heterocycles. The molecular weight excluding hydrogens is 268 g/mol. The van der Waals surface area contributed by atoms with Gasteiger partial charge in [-0.1, -0.05) is 56.4 Å². The van der Waals surface area contributed by atoms with Crippen LogP contribution in [0.3, 0.4) is 0 Å². The summed E-state index contributed by atoms with van der Waals surface area (Å²) >= 11 is 5.13. The van der Waals surface area contributed by atoms with Gasteiger partial charge >= 0.3 is 0 Å². The average Bonchev–Trinajstić information content (AvgIpc) is 2.47. The molecule has 0 saturated heterocycles. The lowest BCUT2D eigenvalue weighted by molar-refractivity contribution is -0.137. The van der Waals surface area contributed by atoms with Crippen LogP contribution in [0.5, 0.6) is 0 Å². The van der Waals surface area contributed by atoms with E-state index in [1.54, 1.807) is 4.90 Å². The van der Waals surface area contributed by atoms with E-state index in [2.05, 4.69) is 12.1 Å². The second kappa shape index (κ2) is 7.39. The lowest BCUT2D eigenvalue weighted by atomic mass is 9.80. The van der Waals surface area contributed by atoms with Crippen LogP contribution in [0.25, 0.3) is 0 Å². The Morgan fingerprint density at radius 1 is 1.25 bits per heavy atom. The standard InChI is InChI=1S/C16H24N2OS/c1-4-16(5-2,14(17)20)15(19)18(3)12-11-13-9-7-6-8-10-13/h6-10H,4-5,11-12H2,1-3H3,(H2,17,20). The number of likely N-dealkylation sites (N-methyl/N-ethyl adjacent to an activating group) is 1. The van der Waals surface area contributed by atoms with Crippen molar-refractivity contribution in [3.8, 4) is 0 Å². The third-order valence-electron chi connectivity index (χ3n) is 4.01. The van der Waals surface area contributed by atoms with Gasteiger partial charge in [0.25, 0.3) is 0 Å². The number of thiocarbonyl (C=S) groups is 1. The molecule has 0 aliphatic rings. The first kappa shape index (κ1) is 16.6. The van der Waals surface area contributed by atoms with Crippen molar-refractivity contribution in [2.45, 2.75) is 33.1 Å². The van der Waals surface area contributed by atoms with Crippen LogP contribution >= 0.6 is 12.2 Å². The van der Waals surface area contributed by atoms with Crippen molar-refractivity contribution in [1.82, 2.24) is 4.90 Å². The van der Waals surface area contributed by atoms with Crippen molar-refractivity contribution in [2.24, 2.45) is 11.1 Å². The Kier molecular flexibility index (Phi) is 6.14. The molecule has 4 heteroatoms. The number of rotatable bonds is 7. The Bertz CT molecular complexity index is 455. The minimum atomic E-state index is -0.694. The summed E-state index contributed by atoms with van der Waals surface area (Å²) in [6.07, 6.45) is 2.13. The summed E-state index contributed by atoms with van der Waals surface area (Å²) in [6.45, 7) is 4.60. The Balaban J connectivity index is 2.73. The minimum Gasteiger partial charge on any atom is -0.392 e. The van der Waals surface area contributed by atoms with E-state index in [0.717, 1.165) is 6.42 Å². The Morgan fingerprint density at radius 2 is 1.80 bits per heavy atom. The molecule has 0 heterocycles. The van der Waals surface area contributed by atoms with Gasteiger partial charge in [-0.05, 0) is 24.8 Å². The zero-order valence-electron chi connectivity index (χ0n) is 12.6. The summed E-state index contributed by atoms with van der Waals surface area (Å²) in [4.78, 5) is 14.7. The SMILES string of the molecule is CCC(CC)(C(=O)N(C)CCc1ccccc1)C(N)=S. The lowest BCUT2D eigenvalue weighted by Gasteiger charge is -2.33. The third kappa shape index (κ3) is 3.57. The fourth-order valence-electron chi connectivity index (χ4n) is 2.41. The Labute approximate surface area is 127 Å². The molecule has 20 heavy (non-hydrogen) atoms. The van der Waals surface area contributed by atoms with Crippen LogP contribution in [0.1, 0.15) is 32.3 Å². The van der Waals surface area contributed by atoms with E-state index in [1.165, 1.54) is 5.56 Å². The topological polar surface area (TPSA) is 46.3 Å². The second-order valence-electron chi connectivity index (χ2n) is 5.12. The van der Waals surface area contributed by atoms with E-state index in [9.17, 15) is 4.79 Å². The van der Waals surface area contributed by atoms with Crippen LogP contribution in [-0.2, 0) is 11.2 Å². The maximum absolute atomic E-state index is 12.6. The summed E-state index contributed by atoms with van der Waals surface area (Å²) in [5, 5.41) is 0. The summed E-state index contributed by atoms with van der Waals surface area (Å²) in [5.41, 5.74) is 6.35. The van der Waals surface area contributed by atoms with Crippen LogP contribution in [0.4, 0.5) is 0 Å². The number of nitrogens with zero attached hydrogens (tertiary/aromatic N) is 1. The zero-order valence-corrected chi connectivity index (χ0v) is 13.4. The van der Waals surface area contributed by atoms with Gasteiger partial charge in [0.1, 0.15) is 0 Å².